The number of primary amides is 1. The number of urea groups is 1. The third-order valence-electron chi connectivity index (χ3n) is 2.08. The number of hydrogen-bond donors (Lipinski definition) is 3. The minimum absolute atomic E-state index is 0.181. The molecule has 18 heavy (non-hydrogen) atoms. The smallest absolute Gasteiger partial charge is 0.323 e. The molecule has 3 amide bonds. The van der Waals surface area contributed by atoms with Crippen molar-refractivity contribution < 1.29 is 19.5 Å². The van der Waals surface area contributed by atoms with Crippen molar-refractivity contribution in [3.8, 4) is 0 Å². The van der Waals surface area contributed by atoms with Gasteiger partial charge in [-0.2, -0.15) is 0 Å². The van der Waals surface area contributed by atoms with Gasteiger partial charge >= 0.3 is 12.0 Å². The number of nitrogens with zero attached hydrogens (tertiary/aromatic N) is 1. The van der Waals surface area contributed by atoms with E-state index in [9.17, 15) is 14.4 Å². The molecule has 0 aliphatic rings. The van der Waals surface area contributed by atoms with Crippen LogP contribution in [0.1, 0.15) is 26.7 Å². The van der Waals surface area contributed by atoms with E-state index in [-0.39, 0.29) is 18.9 Å². The summed E-state index contributed by atoms with van der Waals surface area (Å²) in [4.78, 5) is 34.0. The van der Waals surface area contributed by atoms with Crippen LogP contribution in [0.4, 0.5) is 4.79 Å². The zero-order chi connectivity index (χ0) is 14.1. The number of aliphatic carboxylic acids is 1. The number of carboxylic acids is 1. The van der Waals surface area contributed by atoms with Gasteiger partial charge in [0.15, 0.2) is 0 Å². The van der Waals surface area contributed by atoms with Gasteiger partial charge in [-0.05, 0) is 12.3 Å². The Labute approximate surface area is 106 Å². The van der Waals surface area contributed by atoms with Crippen LogP contribution in [-0.4, -0.2) is 47.5 Å². The molecule has 0 unspecified atom stereocenters. The number of carbonyl (C=O) groups excluding carboxylic acids is 2. The molecule has 0 saturated carbocycles. The van der Waals surface area contributed by atoms with Gasteiger partial charge in [0.05, 0.1) is 0 Å². The van der Waals surface area contributed by atoms with Crippen LogP contribution in [0.25, 0.3) is 0 Å². The van der Waals surface area contributed by atoms with Crippen LogP contribution in [0.5, 0.6) is 0 Å². The summed E-state index contributed by atoms with van der Waals surface area (Å²) in [6.07, 6.45) is 0.646. The lowest BCUT2D eigenvalue weighted by Crippen LogP contribution is -2.44. The van der Waals surface area contributed by atoms with E-state index < -0.39 is 17.9 Å². The third-order valence-corrected chi connectivity index (χ3v) is 2.08. The largest absolute Gasteiger partial charge is 0.480 e. The fourth-order valence-corrected chi connectivity index (χ4v) is 1.39. The second kappa shape index (κ2) is 8.32. The number of nitrogens with two attached hydrogens (primary N) is 1. The lowest BCUT2D eigenvalue weighted by atomic mass is 10.2. The van der Waals surface area contributed by atoms with Gasteiger partial charge in [0.1, 0.15) is 6.54 Å². The van der Waals surface area contributed by atoms with E-state index in [1.165, 1.54) is 4.90 Å². The zero-order valence-electron chi connectivity index (χ0n) is 10.8. The van der Waals surface area contributed by atoms with Crippen LogP contribution < -0.4 is 11.1 Å². The summed E-state index contributed by atoms with van der Waals surface area (Å²) in [5.41, 5.74) is 4.96. The minimum atomic E-state index is -1.05. The van der Waals surface area contributed by atoms with Crippen molar-refractivity contribution in [1.82, 2.24) is 10.2 Å². The Hall–Kier alpha value is -1.79. The molecule has 0 heterocycles. The first kappa shape index (κ1) is 16.2. The Morgan fingerprint density at radius 1 is 1.33 bits per heavy atom. The molecule has 0 bridgehead atoms. The normalized spacial score (nSPS) is 10.2. The highest BCUT2D eigenvalue weighted by atomic mass is 16.4. The van der Waals surface area contributed by atoms with E-state index in [1.807, 2.05) is 13.8 Å². The first-order chi connectivity index (χ1) is 8.32. The van der Waals surface area contributed by atoms with Gasteiger partial charge in [0, 0.05) is 19.5 Å². The summed E-state index contributed by atoms with van der Waals surface area (Å²) >= 11 is 0. The molecule has 0 atom stereocenters. The summed E-state index contributed by atoms with van der Waals surface area (Å²) in [7, 11) is 0. The van der Waals surface area contributed by atoms with Crippen molar-refractivity contribution in [3.63, 3.8) is 0 Å². The topological polar surface area (TPSA) is 113 Å². The average molecular weight is 259 g/mol. The number of amides is 3. The first-order valence-corrected chi connectivity index (χ1v) is 5.85. The van der Waals surface area contributed by atoms with E-state index in [4.69, 9.17) is 10.8 Å². The summed E-state index contributed by atoms with van der Waals surface area (Å²) in [5, 5.41) is 11.3. The van der Waals surface area contributed by atoms with Crippen molar-refractivity contribution in [2.45, 2.75) is 26.7 Å². The number of nitrogens with one attached hydrogen (secondary N) is 1. The maximum Gasteiger partial charge on any atom is 0.323 e. The quantitative estimate of drug-likeness (QED) is 0.532. The zero-order valence-corrected chi connectivity index (χ0v) is 10.8. The van der Waals surface area contributed by atoms with Gasteiger partial charge in [-0.15, -0.1) is 0 Å². The predicted molar refractivity (Wildman–Crippen MR) is 65.9 cm³/mol. The SMILES string of the molecule is CC(C)CN(CC(=O)O)C(=O)NCCCC(N)=O. The van der Waals surface area contributed by atoms with Crippen molar-refractivity contribution in [2.75, 3.05) is 19.6 Å². The highest BCUT2D eigenvalue weighted by molar-refractivity contribution is 5.80. The molecule has 0 aliphatic carbocycles. The molecule has 0 aromatic rings. The second-order valence-corrected chi connectivity index (χ2v) is 4.47. The Bertz CT molecular complexity index is 305. The van der Waals surface area contributed by atoms with Crippen LogP contribution in [-0.2, 0) is 9.59 Å². The van der Waals surface area contributed by atoms with Gasteiger partial charge in [-0.25, -0.2) is 4.79 Å². The van der Waals surface area contributed by atoms with E-state index >= 15 is 0 Å². The van der Waals surface area contributed by atoms with Crippen LogP contribution >= 0.6 is 0 Å². The van der Waals surface area contributed by atoms with Crippen LogP contribution in [0.2, 0.25) is 0 Å². The van der Waals surface area contributed by atoms with Crippen LogP contribution in [0, 0.1) is 5.92 Å². The molecule has 104 valence electrons. The average Bonchev–Trinajstić information content (AvgIpc) is 2.21. The Kier molecular flexibility index (Phi) is 7.50. The summed E-state index contributed by atoms with van der Waals surface area (Å²) in [5.74, 6) is -1.29. The van der Waals surface area contributed by atoms with Crippen LogP contribution in [0.15, 0.2) is 0 Å². The molecule has 0 aromatic heterocycles. The Morgan fingerprint density at radius 2 is 1.94 bits per heavy atom. The Morgan fingerprint density at radius 3 is 2.39 bits per heavy atom. The first-order valence-electron chi connectivity index (χ1n) is 5.85. The van der Waals surface area contributed by atoms with E-state index in [1.54, 1.807) is 0 Å². The molecule has 4 N–H and O–H groups in total. The maximum atomic E-state index is 11.7. The number of hydrogen-bond acceptors (Lipinski definition) is 3. The molecule has 0 aromatic carbocycles. The van der Waals surface area contributed by atoms with Crippen LogP contribution in [0.3, 0.4) is 0 Å². The maximum absolute atomic E-state index is 11.7. The van der Waals surface area contributed by atoms with Gasteiger partial charge < -0.3 is 21.1 Å². The summed E-state index contributed by atoms with van der Waals surface area (Å²) in [6.45, 7) is 4.13. The molecular formula is C11H21N3O4. The molecule has 0 spiro atoms. The molecule has 0 rings (SSSR count). The van der Waals surface area contributed by atoms with Gasteiger partial charge in [-0.3, -0.25) is 9.59 Å². The monoisotopic (exact) mass is 259 g/mol. The molecule has 0 radical (unpaired) electrons. The predicted octanol–water partition coefficient (Wildman–Crippen LogP) is 0.00410. The summed E-state index contributed by atoms with van der Waals surface area (Å²) < 4.78 is 0. The lowest BCUT2D eigenvalue weighted by Gasteiger charge is -2.23. The molecule has 7 nitrogen and oxygen atoms in total. The second-order valence-electron chi connectivity index (χ2n) is 4.47. The fourth-order valence-electron chi connectivity index (χ4n) is 1.39. The minimum Gasteiger partial charge on any atom is -0.480 e. The summed E-state index contributed by atoms with van der Waals surface area (Å²) in [6, 6.07) is -0.435. The molecule has 0 fully saturated rings. The Balaban J connectivity index is 4.12. The molecule has 7 heteroatoms. The van der Waals surface area contributed by atoms with Crippen molar-refractivity contribution in [2.24, 2.45) is 11.7 Å². The van der Waals surface area contributed by atoms with E-state index in [2.05, 4.69) is 5.32 Å². The molecular weight excluding hydrogens is 238 g/mol. The number of rotatable bonds is 8. The number of carboxylic acid groups (broad SMARTS) is 1. The molecule has 0 saturated heterocycles. The van der Waals surface area contributed by atoms with E-state index in [0.29, 0.717) is 19.5 Å². The van der Waals surface area contributed by atoms with Gasteiger partial charge in [0.25, 0.3) is 0 Å². The highest BCUT2D eigenvalue weighted by Crippen LogP contribution is 1.99. The standard InChI is InChI=1S/C11H21N3O4/c1-8(2)6-14(7-10(16)17)11(18)13-5-3-4-9(12)15/h8H,3-7H2,1-2H3,(H2,12,15)(H,13,18)(H,16,17). The van der Waals surface area contributed by atoms with Crippen molar-refractivity contribution >= 4 is 17.9 Å². The molecule has 0 aliphatic heterocycles. The van der Waals surface area contributed by atoms with Gasteiger partial charge in [-0.1, -0.05) is 13.8 Å². The highest BCUT2D eigenvalue weighted by Gasteiger charge is 2.17. The van der Waals surface area contributed by atoms with E-state index in [0.717, 1.165) is 0 Å². The van der Waals surface area contributed by atoms with Crippen molar-refractivity contribution in [1.29, 1.82) is 0 Å². The van der Waals surface area contributed by atoms with Gasteiger partial charge in [0.2, 0.25) is 5.91 Å². The third kappa shape index (κ3) is 8.37. The number of carbonyl (C=O) groups is 3. The lowest BCUT2D eigenvalue weighted by molar-refractivity contribution is -0.137. The van der Waals surface area contributed by atoms with Crippen molar-refractivity contribution in [3.05, 3.63) is 0 Å². The fraction of sp³-hybridized carbons (Fsp3) is 0.727.